The lowest BCUT2D eigenvalue weighted by Gasteiger charge is -2.52. The number of fused-ring (bicyclic) bond motifs is 2. The fourth-order valence-electron chi connectivity index (χ4n) is 5.77. The van der Waals surface area contributed by atoms with Crippen molar-refractivity contribution < 1.29 is 23.7 Å². The van der Waals surface area contributed by atoms with Crippen LogP contribution in [0.2, 0.25) is 0 Å². The molecule has 1 saturated heterocycles. The van der Waals surface area contributed by atoms with Crippen molar-refractivity contribution in [2.45, 2.75) is 84.4 Å². The molecule has 2 fully saturated rings. The van der Waals surface area contributed by atoms with Gasteiger partial charge in [-0.25, -0.2) is 0 Å². The summed E-state index contributed by atoms with van der Waals surface area (Å²) in [6.45, 7) is 18.3. The van der Waals surface area contributed by atoms with E-state index in [1.54, 1.807) is 7.11 Å². The lowest BCUT2D eigenvalue weighted by molar-refractivity contribution is -0.190. The summed E-state index contributed by atoms with van der Waals surface area (Å²) in [4.78, 5) is 14.1. The first-order chi connectivity index (χ1) is 14.6. The first-order valence-electron chi connectivity index (χ1n) is 11.2. The molecule has 31 heavy (non-hydrogen) atoms. The molecular formula is C26H38O5. The molecule has 1 heterocycles. The molecular weight excluding hydrogens is 392 g/mol. The minimum atomic E-state index is -0.838. The minimum absolute atomic E-state index is 0.132. The minimum Gasteiger partial charge on any atom is -0.359 e. The van der Waals surface area contributed by atoms with Gasteiger partial charge in [-0.15, -0.1) is 0 Å². The van der Waals surface area contributed by atoms with E-state index in [1.807, 2.05) is 26.8 Å². The zero-order valence-electron chi connectivity index (χ0n) is 20.0. The van der Waals surface area contributed by atoms with Crippen LogP contribution in [0.5, 0.6) is 0 Å². The normalized spacial score (nSPS) is 33.9. The zero-order chi connectivity index (χ0) is 23.0. The van der Waals surface area contributed by atoms with Crippen molar-refractivity contribution in [1.29, 1.82) is 0 Å². The average Bonchev–Trinajstić information content (AvgIpc) is 3.03. The number of rotatable bonds is 8. The Morgan fingerprint density at radius 1 is 1.29 bits per heavy atom. The van der Waals surface area contributed by atoms with E-state index in [1.165, 1.54) is 11.1 Å². The lowest BCUT2D eigenvalue weighted by atomic mass is 9.54. The van der Waals surface area contributed by atoms with Gasteiger partial charge in [-0.2, -0.15) is 0 Å². The number of ether oxygens (including phenoxy) is 4. The highest BCUT2D eigenvalue weighted by atomic mass is 16.8. The van der Waals surface area contributed by atoms with Gasteiger partial charge in [-0.1, -0.05) is 36.5 Å². The fraction of sp³-hybridized carbons (Fsp3) is 0.654. The smallest absolute Gasteiger partial charge is 0.171 e. The maximum Gasteiger partial charge on any atom is 0.171 e. The number of allylic oxidation sites excluding steroid dienone is 5. The molecule has 5 nitrogen and oxygen atoms in total. The second-order valence-electron chi connectivity index (χ2n) is 9.76. The third-order valence-corrected chi connectivity index (χ3v) is 7.01. The highest BCUT2D eigenvalue weighted by Gasteiger charge is 2.65. The van der Waals surface area contributed by atoms with Crippen molar-refractivity contribution >= 4 is 5.78 Å². The van der Waals surface area contributed by atoms with Crippen LogP contribution in [0.25, 0.3) is 0 Å². The summed E-state index contributed by atoms with van der Waals surface area (Å²) in [5.41, 5.74) is 3.99. The van der Waals surface area contributed by atoms with E-state index >= 15 is 0 Å². The van der Waals surface area contributed by atoms with Gasteiger partial charge in [0.25, 0.3) is 0 Å². The van der Waals surface area contributed by atoms with E-state index in [0.29, 0.717) is 0 Å². The Labute approximate surface area is 187 Å². The molecule has 0 aromatic carbocycles. The Bertz CT molecular complexity index is 801. The molecule has 0 bridgehead atoms. The maximum atomic E-state index is 14.1. The summed E-state index contributed by atoms with van der Waals surface area (Å²) in [7, 11) is 1.60. The first-order valence-corrected chi connectivity index (χ1v) is 11.2. The Morgan fingerprint density at radius 2 is 2.00 bits per heavy atom. The van der Waals surface area contributed by atoms with Gasteiger partial charge < -0.3 is 18.9 Å². The van der Waals surface area contributed by atoms with E-state index in [0.717, 1.165) is 36.8 Å². The molecule has 0 radical (unpaired) electrons. The molecule has 0 N–H and O–H groups in total. The number of hydrogen-bond donors (Lipinski definition) is 0. The lowest BCUT2D eigenvalue weighted by Crippen LogP contribution is -2.62. The highest BCUT2D eigenvalue weighted by molar-refractivity contribution is 5.92. The molecule has 172 valence electrons. The summed E-state index contributed by atoms with van der Waals surface area (Å²) >= 11 is 0. The van der Waals surface area contributed by atoms with Gasteiger partial charge in [0.2, 0.25) is 0 Å². The second-order valence-corrected chi connectivity index (χ2v) is 9.76. The third-order valence-electron chi connectivity index (χ3n) is 7.01. The molecule has 1 aliphatic heterocycles. The van der Waals surface area contributed by atoms with Crippen LogP contribution in [0.1, 0.15) is 60.3 Å². The summed E-state index contributed by atoms with van der Waals surface area (Å²) in [5.74, 6) is -0.855. The Hall–Kier alpha value is -1.53. The van der Waals surface area contributed by atoms with Gasteiger partial charge in [0, 0.05) is 18.4 Å². The number of methoxy groups -OCH3 is 1. The van der Waals surface area contributed by atoms with E-state index < -0.39 is 23.4 Å². The second kappa shape index (κ2) is 9.14. The van der Waals surface area contributed by atoms with Crippen LogP contribution in [-0.4, -0.2) is 43.8 Å². The molecule has 1 saturated carbocycles. The molecule has 3 rings (SSSR count). The van der Waals surface area contributed by atoms with Gasteiger partial charge >= 0.3 is 0 Å². The van der Waals surface area contributed by atoms with Crippen molar-refractivity contribution in [1.82, 2.24) is 0 Å². The van der Waals surface area contributed by atoms with Crippen LogP contribution >= 0.6 is 0 Å². The van der Waals surface area contributed by atoms with Crippen LogP contribution in [0, 0.1) is 11.3 Å². The van der Waals surface area contributed by atoms with E-state index in [2.05, 4.69) is 33.1 Å². The molecule has 0 amide bonds. The average molecular weight is 431 g/mol. The number of hydrogen-bond acceptors (Lipinski definition) is 5. The summed E-state index contributed by atoms with van der Waals surface area (Å²) in [5, 5.41) is 0. The predicted octanol–water partition coefficient (Wildman–Crippen LogP) is 5.28. The highest BCUT2D eigenvalue weighted by Crippen LogP contribution is 2.56. The zero-order valence-corrected chi connectivity index (χ0v) is 20.0. The number of ketones is 1. The Balaban J connectivity index is 2.08. The van der Waals surface area contributed by atoms with Crippen molar-refractivity contribution in [3.8, 4) is 0 Å². The number of carbonyl (C=O) groups is 1. The number of carbonyl (C=O) groups excluding carboxylic acids is 1. The third kappa shape index (κ3) is 4.38. The van der Waals surface area contributed by atoms with Crippen LogP contribution < -0.4 is 0 Å². The first kappa shape index (κ1) is 24.1. The topological polar surface area (TPSA) is 54.0 Å². The monoisotopic (exact) mass is 430 g/mol. The predicted molar refractivity (Wildman–Crippen MR) is 121 cm³/mol. The van der Waals surface area contributed by atoms with Crippen molar-refractivity contribution in [3.63, 3.8) is 0 Å². The standard InChI is InChI=1S/C26H38O5/c1-9-18-11-10-13-26(14-12-19(16(2)3)17(4)5)20(18)21(29-15-28-8)22-23(24(26)27)31-25(6,7)30-22/h9,11,20-23H,1-2,10,12-15H2,3-8H3/t20-,21-,22+,23+,26+/m0/s1. The van der Waals surface area contributed by atoms with Crippen LogP contribution in [0.3, 0.4) is 0 Å². The Morgan fingerprint density at radius 3 is 2.58 bits per heavy atom. The van der Waals surface area contributed by atoms with E-state index in [9.17, 15) is 4.79 Å². The Kier molecular flexibility index (Phi) is 7.11. The van der Waals surface area contributed by atoms with Crippen molar-refractivity contribution in [2.75, 3.05) is 13.9 Å². The summed E-state index contributed by atoms with van der Waals surface area (Å²) < 4.78 is 23.8. The summed E-state index contributed by atoms with van der Waals surface area (Å²) in [6, 6.07) is 0. The largest absolute Gasteiger partial charge is 0.359 e. The SMILES string of the molecule is C=CC1=CCC[C@]2(CCC(C(=C)C)=C(C)C)C(=O)[C@@H]3OC(C)(C)O[C@@H]3[C@@H](OCOC)[C@H]12. The van der Waals surface area contributed by atoms with Crippen molar-refractivity contribution in [2.24, 2.45) is 11.3 Å². The molecule has 0 aromatic heterocycles. The van der Waals surface area contributed by atoms with Gasteiger partial charge in [0.1, 0.15) is 19.0 Å². The van der Waals surface area contributed by atoms with Gasteiger partial charge in [0.15, 0.2) is 11.6 Å². The number of Topliss-reactive ketones (excluding diaryl/α,β-unsaturated/α-hetero) is 1. The maximum absolute atomic E-state index is 14.1. The van der Waals surface area contributed by atoms with Gasteiger partial charge in [-0.05, 0) is 71.4 Å². The molecule has 0 spiro atoms. The van der Waals surface area contributed by atoms with Crippen LogP contribution in [0.15, 0.2) is 47.6 Å². The summed E-state index contributed by atoms with van der Waals surface area (Å²) in [6.07, 6.45) is 5.70. The van der Waals surface area contributed by atoms with Crippen LogP contribution in [-0.2, 0) is 23.7 Å². The van der Waals surface area contributed by atoms with Crippen molar-refractivity contribution in [3.05, 3.63) is 47.6 Å². The van der Waals surface area contributed by atoms with E-state index in [-0.39, 0.29) is 24.6 Å². The molecule has 0 aromatic rings. The van der Waals surface area contributed by atoms with Gasteiger partial charge in [0.05, 0.1) is 6.10 Å². The molecule has 3 aliphatic rings. The molecule has 5 atom stereocenters. The van der Waals surface area contributed by atoms with Gasteiger partial charge in [-0.3, -0.25) is 4.79 Å². The molecule has 5 heteroatoms. The van der Waals surface area contributed by atoms with Crippen LogP contribution in [0.4, 0.5) is 0 Å². The van der Waals surface area contributed by atoms with E-state index in [4.69, 9.17) is 18.9 Å². The molecule has 0 unspecified atom stereocenters. The molecule has 2 aliphatic carbocycles. The quantitative estimate of drug-likeness (QED) is 0.387. The fourth-order valence-corrected chi connectivity index (χ4v) is 5.77.